The first-order valence-electron chi connectivity index (χ1n) is 4.37. The Morgan fingerprint density at radius 1 is 1.44 bits per heavy atom. The van der Waals surface area contributed by atoms with Crippen LogP contribution in [-0.2, 0) is 4.74 Å². The van der Waals surface area contributed by atoms with Crippen molar-refractivity contribution in [2.24, 2.45) is 5.73 Å². The molecule has 0 amide bonds. The molecule has 6 heteroatoms. The van der Waals surface area contributed by atoms with E-state index >= 15 is 0 Å². The molecule has 16 heavy (non-hydrogen) atoms. The van der Waals surface area contributed by atoms with E-state index in [-0.39, 0.29) is 11.1 Å². The Labute approximate surface area is 90.0 Å². The van der Waals surface area contributed by atoms with Crippen LogP contribution in [0.3, 0.4) is 0 Å². The third kappa shape index (κ3) is 2.73. The monoisotopic (exact) mass is 233 g/mol. The Kier molecular flexibility index (Phi) is 3.54. The first kappa shape index (κ1) is 12.5. The molecule has 88 valence electrons. The van der Waals surface area contributed by atoms with Gasteiger partial charge in [0.1, 0.15) is 6.04 Å². The van der Waals surface area contributed by atoms with E-state index in [0.717, 1.165) is 13.2 Å². The minimum absolute atomic E-state index is 0.0414. The number of carbonyl (C=O) groups is 1. The number of benzene rings is 1. The Bertz CT molecular complexity index is 390. The lowest BCUT2D eigenvalue weighted by Crippen LogP contribution is -2.28. The Morgan fingerprint density at radius 3 is 2.56 bits per heavy atom. The lowest BCUT2D eigenvalue weighted by atomic mass is 10.0. The summed E-state index contributed by atoms with van der Waals surface area (Å²) in [4.78, 5) is 11.1. The molecule has 0 saturated carbocycles. The second-order valence-corrected chi connectivity index (χ2v) is 3.14. The number of alkyl halides is 3. The highest BCUT2D eigenvalue weighted by molar-refractivity contribution is 5.89. The van der Waals surface area contributed by atoms with Crippen molar-refractivity contribution in [1.82, 2.24) is 0 Å². The van der Waals surface area contributed by atoms with Gasteiger partial charge in [-0.15, -0.1) is 0 Å². The quantitative estimate of drug-likeness (QED) is 0.795. The Hall–Kier alpha value is -1.56. The van der Waals surface area contributed by atoms with Gasteiger partial charge in [-0.25, -0.2) is 4.79 Å². The Morgan fingerprint density at radius 2 is 2.06 bits per heavy atom. The van der Waals surface area contributed by atoms with Crippen LogP contribution < -0.4 is 5.73 Å². The summed E-state index contributed by atoms with van der Waals surface area (Å²) in [5.74, 6) is -0.698. The molecule has 0 aromatic heterocycles. The van der Waals surface area contributed by atoms with Crippen LogP contribution in [0, 0.1) is 0 Å². The molecule has 3 nitrogen and oxygen atoms in total. The van der Waals surface area contributed by atoms with Crippen LogP contribution >= 0.6 is 0 Å². The van der Waals surface area contributed by atoms with Crippen LogP contribution in [0.4, 0.5) is 13.2 Å². The zero-order chi connectivity index (χ0) is 12.3. The summed E-state index contributed by atoms with van der Waals surface area (Å²) in [5.41, 5.74) is 4.88. The molecule has 0 fully saturated rings. The van der Waals surface area contributed by atoms with Crippen molar-refractivity contribution in [2.45, 2.75) is 12.2 Å². The number of hydrogen-bond acceptors (Lipinski definition) is 3. The van der Waals surface area contributed by atoms with Crippen LogP contribution in [0.25, 0.3) is 0 Å². The number of methoxy groups -OCH3 is 1. The van der Waals surface area contributed by atoms with Gasteiger partial charge in [0.2, 0.25) is 0 Å². The fourth-order valence-electron chi connectivity index (χ4n) is 1.17. The summed E-state index contributed by atoms with van der Waals surface area (Å²) < 4.78 is 41.3. The topological polar surface area (TPSA) is 52.3 Å². The standard InChI is InChI=1S/C10H10F3NO2/c1-16-9(15)7-4-2-3-6(5-7)8(14)10(11,12)13/h2-5,8H,14H2,1H3/t8-/m1/s1. The molecule has 1 aromatic carbocycles. The summed E-state index contributed by atoms with van der Waals surface area (Å²) in [6, 6.07) is 2.87. The van der Waals surface area contributed by atoms with Gasteiger partial charge in [-0.3, -0.25) is 0 Å². The average Bonchev–Trinajstić information content (AvgIpc) is 2.26. The van der Waals surface area contributed by atoms with Gasteiger partial charge in [-0.2, -0.15) is 13.2 Å². The van der Waals surface area contributed by atoms with Crippen LogP contribution in [0.1, 0.15) is 22.0 Å². The molecule has 0 bridgehead atoms. The summed E-state index contributed by atoms with van der Waals surface area (Å²) in [6.07, 6.45) is -4.53. The molecule has 0 saturated heterocycles. The molecule has 0 radical (unpaired) electrons. The first-order valence-corrected chi connectivity index (χ1v) is 4.37. The van der Waals surface area contributed by atoms with Gasteiger partial charge >= 0.3 is 12.1 Å². The molecule has 0 aliphatic carbocycles. The number of nitrogens with two attached hydrogens (primary N) is 1. The van der Waals surface area contributed by atoms with E-state index < -0.39 is 18.2 Å². The van der Waals surface area contributed by atoms with E-state index in [2.05, 4.69) is 4.74 Å². The van der Waals surface area contributed by atoms with Gasteiger partial charge in [-0.05, 0) is 17.7 Å². The molecule has 1 atom stereocenters. The predicted octanol–water partition coefficient (Wildman–Crippen LogP) is 2.04. The lowest BCUT2D eigenvalue weighted by Gasteiger charge is -2.16. The third-order valence-electron chi connectivity index (χ3n) is 2.02. The predicted molar refractivity (Wildman–Crippen MR) is 50.8 cm³/mol. The molecule has 0 aliphatic heterocycles. The number of ether oxygens (including phenoxy) is 1. The van der Waals surface area contributed by atoms with Gasteiger partial charge < -0.3 is 10.5 Å². The summed E-state index contributed by atoms with van der Waals surface area (Å²) in [6.45, 7) is 0. The van der Waals surface area contributed by atoms with Crippen molar-refractivity contribution in [3.8, 4) is 0 Å². The molecule has 0 spiro atoms. The number of rotatable bonds is 2. The molecule has 0 heterocycles. The van der Waals surface area contributed by atoms with Crippen LogP contribution in [0.15, 0.2) is 24.3 Å². The van der Waals surface area contributed by atoms with Gasteiger partial charge in [-0.1, -0.05) is 12.1 Å². The van der Waals surface area contributed by atoms with Gasteiger partial charge in [0.25, 0.3) is 0 Å². The van der Waals surface area contributed by atoms with E-state index in [1.165, 1.54) is 18.2 Å². The molecular formula is C10H10F3NO2. The van der Waals surface area contributed by atoms with Gasteiger partial charge in [0, 0.05) is 0 Å². The highest BCUT2D eigenvalue weighted by Gasteiger charge is 2.37. The summed E-state index contributed by atoms with van der Waals surface area (Å²) in [5, 5.41) is 0. The van der Waals surface area contributed by atoms with Crippen molar-refractivity contribution >= 4 is 5.97 Å². The Balaban J connectivity index is 3.03. The largest absolute Gasteiger partial charge is 0.465 e. The van der Waals surface area contributed by atoms with Crippen LogP contribution in [0.2, 0.25) is 0 Å². The van der Waals surface area contributed by atoms with E-state index in [0.29, 0.717) is 0 Å². The fraction of sp³-hybridized carbons (Fsp3) is 0.300. The van der Waals surface area contributed by atoms with E-state index in [4.69, 9.17) is 5.73 Å². The molecule has 1 aromatic rings. The molecule has 1 rings (SSSR count). The molecule has 0 aliphatic rings. The van der Waals surface area contributed by atoms with E-state index in [1.54, 1.807) is 0 Å². The number of esters is 1. The zero-order valence-corrected chi connectivity index (χ0v) is 8.41. The lowest BCUT2D eigenvalue weighted by molar-refractivity contribution is -0.149. The van der Waals surface area contributed by atoms with Crippen molar-refractivity contribution in [3.63, 3.8) is 0 Å². The van der Waals surface area contributed by atoms with Crippen LogP contribution in [-0.4, -0.2) is 19.3 Å². The number of carbonyl (C=O) groups excluding carboxylic acids is 1. The average molecular weight is 233 g/mol. The summed E-state index contributed by atoms with van der Waals surface area (Å²) in [7, 11) is 1.15. The molecular weight excluding hydrogens is 223 g/mol. The van der Waals surface area contributed by atoms with Crippen molar-refractivity contribution in [1.29, 1.82) is 0 Å². The summed E-state index contributed by atoms with van der Waals surface area (Å²) >= 11 is 0. The SMILES string of the molecule is COC(=O)c1cccc([C@@H](N)C(F)(F)F)c1. The normalized spacial score (nSPS) is 13.3. The van der Waals surface area contributed by atoms with E-state index in [1.807, 2.05) is 0 Å². The third-order valence-corrected chi connectivity index (χ3v) is 2.02. The van der Waals surface area contributed by atoms with E-state index in [9.17, 15) is 18.0 Å². The minimum atomic E-state index is -4.53. The highest BCUT2D eigenvalue weighted by Crippen LogP contribution is 2.30. The minimum Gasteiger partial charge on any atom is -0.465 e. The molecule has 2 N–H and O–H groups in total. The second-order valence-electron chi connectivity index (χ2n) is 3.14. The highest BCUT2D eigenvalue weighted by atomic mass is 19.4. The maximum Gasteiger partial charge on any atom is 0.407 e. The second kappa shape index (κ2) is 4.52. The van der Waals surface area contributed by atoms with Crippen molar-refractivity contribution in [2.75, 3.05) is 7.11 Å². The van der Waals surface area contributed by atoms with Crippen LogP contribution in [0.5, 0.6) is 0 Å². The van der Waals surface area contributed by atoms with Crippen molar-refractivity contribution in [3.05, 3.63) is 35.4 Å². The first-order chi connectivity index (χ1) is 7.36. The maximum atomic E-state index is 12.3. The van der Waals surface area contributed by atoms with Gasteiger partial charge in [0.15, 0.2) is 0 Å². The smallest absolute Gasteiger partial charge is 0.407 e. The molecule has 0 unspecified atom stereocenters. The number of hydrogen-bond donors (Lipinski definition) is 1. The fourth-order valence-corrected chi connectivity index (χ4v) is 1.17. The zero-order valence-electron chi connectivity index (χ0n) is 8.41. The maximum absolute atomic E-state index is 12.3. The van der Waals surface area contributed by atoms with Gasteiger partial charge in [0.05, 0.1) is 12.7 Å². The van der Waals surface area contributed by atoms with Crippen molar-refractivity contribution < 1.29 is 22.7 Å². The number of halogens is 3.